The van der Waals surface area contributed by atoms with Gasteiger partial charge in [-0.2, -0.15) is 0 Å². The summed E-state index contributed by atoms with van der Waals surface area (Å²) in [7, 11) is 0. The number of fused-ring (bicyclic) bond motifs is 1. The molecule has 0 bridgehead atoms. The lowest BCUT2D eigenvalue weighted by Crippen LogP contribution is -1.91. The van der Waals surface area contributed by atoms with Gasteiger partial charge in [0, 0.05) is 5.69 Å². The number of para-hydroxylation sites is 1. The summed E-state index contributed by atoms with van der Waals surface area (Å²) in [6.45, 7) is 6.32. The molecule has 0 fully saturated rings. The summed E-state index contributed by atoms with van der Waals surface area (Å²) in [6.07, 6.45) is 0. The number of rotatable bonds is 2. The summed E-state index contributed by atoms with van der Waals surface area (Å²) in [5.74, 6) is 0. The molecule has 3 rings (SSSR count). The third kappa shape index (κ3) is 2.47. The lowest BCUT2D eigenvalue weighted by atomic mass is 10.1. The molecule has 0 amide bonds. The van der Waals surface area contributed by atoms with Crippen LogP contribution < -0.4 is 5.32 Å². The van der Waals surface area contributed by atoms with Crippen molar-refractivity contribution in [2.75, 3.05) is 5.32 Å². The predicted molar refractivity (Wildman–Crippen MR) is 83.6 cm³/mol. The zero-order valence-corrected chi connectivity index (χ0v) is 12.1. The van der Waals surface area contributed by atoms with E-state index in [9.17, 15) is 0 Å². The van der Waals surface area contributed by atoms with Crippen molar-refractivity contribution in [1.82, 2.24) is 4.98 Å². The Morgan fingerprint density at radius 3 is 2.42 bits per heavy atom. The number of aromatic nitrogens is 1. The van der Waals surface area contributed by atoms with E-state index in [1.165, 1.54) is 21.4 Å². The van der Waals surface area contributed by atoms with Crippen LogP contribution in [0.5, 0.6) is 0 Å². The Morgan fingerprint density at radius 2 is 1.74 bits per heavy atom. The van der Waals surface area contributed by atoms with E-state index in [1.807, 2.05) is 0 Å². The van der Waals surface area contributed by atoms with Crippen LogP contribution in [0.1, 0.15) is 16.7 Å². The van der Waals surface area contributed by atoms with Crippen LogP contribution in [0.25, 0.3) is 10.2 Å². The van der Waals surface area contributed by atoms with Gasteiger partial charge in [-0.05, 0) is 55.7 Å². The molecular weight excluding hydrogens is 252 g/mol. The molecule has 0 aliphatic heterocycles. The number of anilines is 2. The maximum absolute atomic E-state index is 4.67. The minimum atomic E-state index is 0.953. The largest absolute Gasteiger partial charge is 0.332 e. The number of thiazole rings is 1. The van der Waals surface area contributed by atoms with Gasteiger partial charge in [-0.3, -0.25) is 0 Å². The zero-order chi connectivity index (χ0) is 13.4. The first-order valence-electron chi connectivity index (χ1n) is 6.33. The summed E-state index contributed by atoms with van der Waals surface area (Å²) in [5, 5.41) is 4.36. The Labute approximate surface area is 117 Å². The number of benzene rings is 2. The highest BCUT2D eigenvalue weighted by molar-refractivity contribution is 7.22. The van der Waals surface area contributed by atoms with Crippen LogP contribution in [0.2, 0.25) is 0 Å². The summed E-state index contributed by atoms with van der Waals surface area (Å²) < 4.78 is 1.23. The topological polar surface area (TPSA) is 24.9 Å². The molecule has 1 N–H and O–H groups in total. The van der Waals surface area contributed by atoms with E-state index in [-0.39, 0.29) is 0 Å². The van der Waals surface area contributed by atoms with Crippen LogP contribution in [-0.4, -0.2) is 4.98 Å². The molecule has 0 atom stereocenters. The van der Waals surface area contributed by atoms with Gasteiger partial charge >= 0.3 is 0 Å². The van der Waals surface area contributed by atoms with Gasteiger partial charge < -0.3 is 5.32 Å². The van der Waals surface area contributed by atoms with Crippen LogP contribution in [0.4, 0.5) is 10.8 Å². The fraction of sp³-hybridized carbons (Fsp3) is 0.188. The molecule has 0 spiro atoms. The van der Waals surface area contributed by atoms with E-state index in [1.54, 1.807) is 11.3 Å². The molecule has 2 nitrogen and oxygen atoms in total. The van der Waals surface area contributed by atoms with Crippen LogP contribution in [0.3, 0.4) is 0 Å². The van der Waals surface area contributed by atoms with Crippen molar-refractivity contribution in [2.45, 2.75) is 20.8 Å². The standard InChI is InChI=1S/C16H16N2S/c1-10-7-11(2)9-13(8-10)17-16-18-15-12(3)5-4-6-14(15)19-16/h4-9H,1-3H3,(H,17,18). The third-order valence-electron chi connectivity index (χ3n) is 3.09. The van der Waals surface area contributed by atoms with Gasteiger partial charge in [-0.1, -0.05) is 29.5 Å². The number of aryl methyl sites for hydroxylation is 3. The normalized spacial score (nSPS) is 10.9. The quantitative estimate of drug-likeness (QED) is 0.710. The van der Waals surface area contributed by atoms with Crippen LogP contribution in [0.15, 0.2) is 36.4 Å². The van der Waals surface area contributed by atoms with Gasteiger partial charge in [-0.15, -0.1) is 0 Å². The SMILES string of the molecule is Cc1cc(C)cc(Nc2nc3c(C)cccc3s2)c1. The van der Waals surface area contributed by atoms with Gasteiger partial charge in [0.25, 0.3) is 0 Å². The average molecular weight is 268 g/mol. The monoisotopic (exact) mass is 268 g/mol. The van der Waals surface area contributed by atoms with Crippen molar-refractivity contribution in [2.24, 2.45) is 0 Å². The molecule has 0 saturated carbocycles. The lowest BCUT2D eigenvalue weighted by molar-refractivity contribution is 1.36. The third-order valence-corrected chi connectivity index (χ3v) is 4.03. The van der Waals surface area contributed by atoms with Crippen molar-refractivity contribution < 1.29 is 0 Å². The first kappa shape index (κ1) is 12.2. The van der Waals surface area contributed by atoms with Crippen LogP contribution in [-0.2, 0) is 0 Å². The molecule has 0 radical (unpaired) electrons. The molecule has 0 aliphatic carbocycles. The highest BCUT2D eigenvalue weighted by Gasteiger charge is 2.06. The molecular formula is C16H16N2S. The van der Waals surface area contributed by atoms with Crippen molar-refractivity contribution in [3.8, 4) is 0 Å². The molecule has 0 saturated heterocycles. The molecule has 3 aromatic rings. The van der Waals surface area contributed by atoms with E-state index in [2.05, 4.69) is 67.5 Å². The van der Waals surface area contributed by atoms with Crippen molar-refractivity contribution in [3.63, 3.8) is 0 Å². The Bertz CT molecular complexity index is 723. The Morgan fingerprint density at radius 1 is 1.00 bits per heavy atom. The van der Waals surface area contributed by atoms with Crippen molar-refractivity contribution in [3.05, 3.63) is 53.1 Å². The van der Waals surface area contributed by atoms with E-state index in [4.69, 9.17) is 0 Å². The Balaban J connectivity index is 1.99. The number of hydrogen-bond donors (Lipinski definition) is 1. The first-order valence-corrected chi connectivity index (χ1v) is 7.15. The summed E-state index contributed by atoms with van der Waals surface area (Å²) in [6, 6.07) is 12.8. The maximum Gasteiger partial charge on any atom is 0.188 e. The molecule has 3 heteroatoms. The van der Waals surface area contributed by atoms with Crippen molar-refractivity contribution in [1.29, 1.82) is 0 Å². The molecule has 0 unspecified atom stereocenters. The molecule has 2 aromatic carbocycles. The fourth-order valence-corrected chi connectivity index (χ4v) is 3.27. The smallest absolute Gasteiger partial charge is 0.188 e. The lowest BCUT2D eigenvalue weighted by Gasteiger charge is -2.05. The maximum atomic E-state index is 4.67. The van der Waals surface area contributed by atoms with E-state index in [0.29, 0.717) is 0 Å². The molecule has 96 valence electrons. The minimum absolute atomic E-state index is 0.953. The highest BCUT2D eigenvalue weighted by Crippen LogP contribution is 2.30. The molecule has 1 aromatic heterocycles. The number of hydrogen-bond acceptors (Lipinski definition) is 3. The highest BCUT2D eigenvalue weighted by atomic mass is 32.1. The van der Waals surface area contributed by atoms with Crippen LogP contribution in [0, 0.1) is 20.8 Å². The molecule has 1 heterocycles. The van der Waals surface area contributed by atoms with Crippen molar-refractivity contribution >= 4 is 32.4 Å². The number of nitrogens with one attached hydrogen (secondary N) is 1. The number of nitrogens with zero attached hydrogens (tertiary/aromatic N) is 1. The first-order chi connectivity index (χ1) is 9.11. The van der Waals surface area contributed by atoms with Crippen LogP contribution >= 0.6 is 11.3 Å². The minimum Gasteiger partial charge on any atom is -0.332 e. The van der Waals surface area contributed by atoms with Gasteiger partial charge in [0.15, 0.2) is 5.13 Å². The molecule has 0 aliphatic rings. The summed E-state index contributed by atoms with van der Waals surface area (Å²) >= 11 is 1.70. The fourth-order valence-electron chi connectivity index (χ4n) is 2.31. The summed E-state index contributed by atoms with van der Waals surface area (Å²) in [4.78, 5) is 4.67. The average Bonchev–Trinajstić information content (AvgIpc) is 2.71. The Kier molecular flexibility index (Phi) is 2.99. The van der Waals surface area contributed by atoms with E-state index < -0.39 is 0 Å². The summed E-state index contributed by atoms with van der Waals surface area (Å²) in [5.41, 5.74) is 5.95. The zero-order valence-electron chi connectivity index (χ0n) is 11.3. The van der Waals surface area contributed by atoms with E-state index >= 15 is 0 Å². The second-order valence-electron chi connectivity index (χ2n) is 4.94. The second kappa shape index (κ2) is 4.67. The molecule has 19 heavy (non-hydrogen) atoms. The van der Waals surface area contributed by atoms with Gasteiger partial charge in [-0.25, -0.2) is 4.98 Å². The van der Waals surface area contributed by atoms with Gasteiger partial charge in [0.1, 0.15) is 0 Å². The Hall–Kier alpha value is -1.87. The van der Waals surface area contributed by atoms with Gasteiger partial charge in [0.2, 0.25) is 0 Å². The second-order valence-corrected chi connectivity index (χ2v) is 5.97. The predicted octanol–water partition coefficient (Wildman–Crippen LogP) is 4.97. The van der Waals surface area contributed by atoms with Gasteiger partial charge in [0.05, 0.1) is 10.2 Å². The van der Waals surface area contributed by atoms with E-state index in [0.717, 1.165) is 16.3 Å².